The Labute approximate surface area is 178 Å². The standard InChI is InChI=1S/C23H23BrO5/c1-5-27-22(26)20-15-11-18(28-13-19(25)23(2,3)4)16(24)12-17(15)29-21(20)14-9-7-6-8-10-14/h6-12H,5,13H2,1-4H3. The highest BCUT2D eigenvalue weighted by Crippen LogP contribution is 2.39. The highest BCUT2D eigenvalue weighted by atomic mass is 79.9. The summed E-state index contributed by atoms with van der Waals surface area (Å²) >= 11 is 3.46. The Morgan fingerprint density at radius 2 is 1.79 bits per heavy atom. The van der Waals surface area contributed by atoms with Gasteiger partial charge in [0, 0.05) is 16.4 Å². The van der Waals surface area contributed by atoms with E-state index in [0.29, 0.717) is 32.5 Å². The van der Waals surface area contributed by atoms with Gasteiger partial charge in [0.05, 0.1) is 11.1 Å². The number of hydrogen-bond acceptors (Lipinski definition) is 5. The van der Waals surface area contributed by atoms with Gasteiger partial charge in [0.15, 0.2) is 5.78 Å². The topological polar surface area (TPSA) is 65.7 Å². The summed E-state index contributed by atoms with van der Waals surface area (Å²) in [4.78, 5) is 24.9. The lowest BCUT2D eigenvalue weighted by Crippen LogP contribution is -2.26. The second kappa shape index (κ2) is 8.41. The molecule has 0 aliphatic carbocycles. The predicted molar refractivity (Wildman–Crippen MR) is 115 cm³/mol. The Balaban J connectivity index is 2.09. The van der Waals surface area contributed by atoms with Crippen LogP contribution in [0.3, 0.4) is 0 Å². The molecule has 1 heterocycles. The van der Waals surface area contributed by atoms with Gasteiger partial charge in [0.1, 0.15) is 29.3 Å². The number of esters is 1. The Kier molecular flexibility index (Phi) is 6.13. The summed E-state index contributed by atoms with van der Waals surface area (Å²) in [5.74, 6) is 0.409. The largest absolute Gasteiger partial charge is 0.485 e. The highest BCUT2D eigenvalue weighted by molar-refractivity contribution is 9.10. The van der Waals surface area contributed by atoms with Crippen molar-refractivity contribution in [2.45, 2.75) is 27.7 Å². The molecular formula is C23H23BrO5. The van der Waals surface area contributed by atoms with Crippen LogP contribution in [0.5, 0.6) is 5.75 Å². The zero-order chi connectivity index (χ0) is 21.2. The maximum Gasteiger partial charge on any atom is 0.342 e. The van der Waals surface area contributed by atoms with Crippen LogP contribution in [0.1, 0.15) is 38.1 Å². The van der Waals surface area contributed by atoms with Crippen LogP contribution in [0.2, 0.25) is 0 Å². The lowest BCUT2D eigenvalue weighted by Gasteiger charge is -2.17. The minimum Gasteiger partial charge on any atom is -0.485 e. The molecule has 0 aliphatic heterocycles. The third-order valence-electron chi connectivity index (χ3n) is 4.45. The fourth-order valence-corrected chi connectivity index (χ4v) is 3.20. The molecule has 0 amide bonds. The first-order valence-corrected chi connectivity index (χ1v) is 10.2. The third-order valence-corrected chi connectivity index (χ3v) is 5.07. The number of halogens is 1. The van der Waals surface area contributed by atoms with Crippen LogP contribution < -0.4 is 4.74 Å². The van der Waals surface area contributed by atoms with E-state index in [1.807, 2.05) is 51.1 Å². The van der Waals surface area contributed by atoms with E-state index in [-0.39, 0.29) is 19.0 Å². The summed E-state index contributed by atoms with van der Waals surface area (Å²) in [5, 5.41) is 0.573. The van der Waals surface area contributed by atoms with Gasteiger partial charge in [-0.2, -0.15) is 0 Å². The van der Waals surface area contributed by atoms with E-state index in [1.165, 1.54) is 0 Å². The van der Waals surface area contributed by atoms with Crippen molar-refractivity contribution >= 4 is 38.7 Å². The van der Waals surface area contributed by atoms with Crippen LogP contribution in [0, 0.1) is 5.41 Å². The van der Waals surface area contributed by atoms with Crippen LogP contribution >= 0.6 is 15.9 Å². The molecule has 6 heteroatoms. The molecule has 0 saturated carbocycles. The SMILES string of the molecule is CCOC(=O)c1c(-c2ccccc2)oc2cc(Br)c(OCC(=O)C(C)(C)C)cc12. The Morgan fingerprint density at radius 1 is 1.10 bits per heavy atom. The second-order valence-corrected chi connectivity index (χ2v) is 8.49. The maximum atomic E-state index is 12.7. The molecular weight excluding hydrogens is 436 g/mol. The number of ketones is 1. The van der Waals surface area contributed by atoms with E-state index in [1.54, 1.807) is 19.1 Å². The third kappa shape index (κ3) is 4.53. The molecule has 5 nitrogen and oxygen atoms in total. The highest BCUT2D eigenvalue weighted by Gasteiger charge is 2.26. The fourth-order valence-electron chi connectivity index (χ4n) is 2.77. The summed E-state index contributed by atoms with van der Waals surface area (Å²) < 4.78 is 17.7. The van der Waals surface area contributed by atoms with Gasteiger partial charge in [0.25, 0.3) is 0 Å². The smallest absolute Gasteiger partial charge is 0.342 e. The molecule has 0 saturated heterocycles. The second-order valence-electron chi connectivity index (χ2n) is 7.63. The van der Waals surface area contributed by atoms with Crippen molar-refractivity contribution in [2.24, 2.45) is 5.41 Å². The lowest BCUT2D eigenvalue weighted by molar-refractivity contribution is -0.128. The Bertz CT molecular complexity index is 1040. The molecule has 2 aromatic carbocycles. The average molecular weight is 459 g/mol. The van der Waals surface area contributed by atoms with Gasteiger partial charge in [0.2, 0.25) is 0 Å². The number of hydrogen-bond donors (Lipinski definition) is 0. The van der Waals surface area contributed by atoms with E-state index in [0.717, 1.165) is 5.56 Å². The lowest BCUT2D eigenvalue weighted by atomic mass is 9.91. The normalized spacial score (nSPS) is 11.5. The number of fused-ring (bicyclic) bond motifs is 1. The van der Waals surface area contributed by atoms with E-state index < -0.39 is 11.4 Å². The predicted octanol–water partition coefficient (Wildman–Crippen LogP) is 6.03. The van der Waals surface area contributed by atoms with Gasteiger partial charge in [-0.05, 0) is 35.0 Å². The molecule has 0 fully saturated rings. The fraction of sp³-hybridized carbons (Fsp3) is 0.304. The minimum atomic E-state index is -0.497. The van der Waals surface area contributed by atoms with E-state index in [9.17, 15) is 9.59 Å². The zero-order valence-corrected chi connectivity index (χ0v) is 18.5. The molecule has 0 spiro atoms. The van der Waals surface area contributed by atoms with E-state index >= 15 is 0 Å². The number of furan rings is 1. The first-order chi connectivity index (χ1) is 13.7. The van der Waals surface area contributed by atoms with Crippen LogP contribution in [-0.2, 0) is 9.53 Å². The zero-order valence-electron chi connectivity index (χ0n) is 16.9. The number of benzene rings is 2. The van der Waals surface area contributed by atoms with Crippen molar-refractivity contribution in [1.82, 2.24) is 0 Å². The molecule has 0 N–H and O–H groups in total. The summed E-state index contributed by atoms with van der Waals surface area (Å²) in [6.07, 6.45) is 0. The van der Waals surface area contributed by atoms with Crippen LogP contribution in [0.15, 0.2) is 51.4 Å². The summed E-state index contributed by atoms with van der Waals surface area (Å²) in [6, 6.07) is 12.8. The van der Waals surface area contributed by atoms with Gasteiger partial charge in [-0.1, -0.05) is 51.1 Å². The van der Waals surface area contributed by atoms with Crippen LogP contribution in [0.4, 0.5) is 0 Å². The molecule has 152 valence electrons. The van der Waals surface area contributed by atoms with Gasteiger partial charge < -0.3 is 13.9 Å². The van der Waals surface area contributed by atoms with Gasteiger partial charge in [-0.3, -0.25) is 4.79 Å². The van der Waals surface area contributed by atoms with Crippen molar-refractivity contribution in [2.75, 3.05) is 13.2 Å². The summed E-state index contributed by atoms with van der Waals surface area (Å²) in [7, 11) is 0. The molecule has 0 bridgehead atoms. The van der Waals surface area contributed by atoms with Crippen LogP contribution in [0.25, 0.3) is 22.3 Å². The van der Waals surface area contributed by atoms with Crippen molar-refractivity contribution in [3.63, 3.8) is 0 Å². The first kappa shape index (κ1) is 21.1. The molecule has 0 atom stereocenters. The summed E-state index contributed by atoms with van der Waals surface area (Å²) in [5.41, 5.74) is 1.14. The molecule has 0 unspecified atom stereocenters. The number of ether oxygens (including phenoxy) is 2. The van der Waals surface area contributed by atoms with Crippen molar-refractivity contribution < 1.29 is 23.5 Å². The van der Waals surface area contributed by atoms with Crippen molar-refractivity contribution in [3.05, 3.63) is 52.5 Å². The van der Waals surface area contributed by atoms with Gasteiger partial charge in [-0.15, -0.1) is 0 Å². The number of rotatable bonds is 6. The summed E-state index contributed by atoms with van der Waals surface area (Å²) in [6.45, 7) is 7.48. The van der Waals surface area contributed by atoms with Gasteiger partial charge >= 0.3 is 5.97 Å². The molecule has 0 radical (unpaired) electrons. The number of carbonyl (C=O) groups is 2. The average Bonchev–Trinajstić information content (AvgIpc) is 3.04. The van der Waals surface area contributed by atoms with Crippen molar-refractivity contribution in [1.29, 1.82) is 0 Å². The van der Waals surface area contributed by atoms with Gasteiger partial charge in [-0.25, -0.2) is 4.79 Å². The minimum absolute atomic E-state index is 0.0210. The molecule has 3 rings (SSSR count). The quantitative estimate of drug-likeness (QED) is 0.421. The van der Waals surface area contributed by atoms with Crippen molar-refractivity contribution in [3.8, 4) is 17.1 Å². The van der Waals surface area contributed by atoms with Crippen LogP contribution in [-0.4, -0.2) is 25.0 Å². The Hall–Kier alpha value is -2.60. The van der Waals surface area contributed by atoms with E-state index in [2.05, 4.69) is 15.9 Å². The number of Topliss-reactive ketones (excluding diaryl/α,β-unsaturated/α-hetero) is 1. The Morgan fingerprint density at radius 3 is 2.41 bits per heavy atom. The molecule has 29 heavy (non-hydrogen) atoms. The molecule has 3 aromatic rings. The monoisotopic (exact) mass is 458 g/mol. The molecule has 0 aliphatic rings. The first-order valence-electron chi connectivity index (χ1n) is 9.37. The van der Waals surface area contributed by atoms with E-state index in [4.69, 9.17) is 13.9 Å². The molecule has 1 aromatic heterocycles. The maximum absolute atomic E-state index is 12.7. The number of carbonyl (C=O) groups excluding carboxylic acids is 2.